The van der Waals surface area contributed by atoms with Crippen LogP contribution in [-0.2, 0) is 12.0 Å². The van der Waals surface area contributed by atoms with Crippen LogP contribution in [0.4, 0.5) is 0 Å². The fraction of sp³-hybridized carbons (Fsp3) is 0.368. The molecule has 1 aromatic carbocycles. The third-order valence-corrected chi connectivity index (χ3v) is 4.14. The van der Waals surface area contributed by atoms with Crippen LogP contribution in [0.15, 0.2) is 38.0 Å². The third-order valence-electron chi connectivity index (χ3n) is 4.14. The topological polar surface area (TPSA) is 65.5 Å². The van der Waals surface area contributed by atoms with Crippen molar-refractivity contribution < 1.29 is 13.7 Å². The Hall–Kier alpha value is -2.56. The van der Waals surface area contributed by atoms with E-state index in [2.05, 4.69) is 25.9 Å². The lowest BCUT2D eigenvalue weighted by atomic mass is 9.92. The van der Waals surface area contributed by atoms with E-state index in [0.717, 1.165) is 16.6 Å². The summed E-state index contributed by atoms with van der Waals surface area (Å²) in [7, 11) is 0. The number of nitrogens with zero attached hydrogens (tertiary/aromatic N) is 1. The zero-order valence-electron chi connectivity index (χ0n) is 14.6. The fourth-order valence-corrected chi connectivity index (χ4v) is 2.41. The lowest BCUT2D eigenvalue weighted by molar-refractivity contribution is 0.247. The van der Waals surface area contributed by atoms with Gasteiger partial charge in [0.25, 0.3) is 0 Å². The van der Waals surface area contributed by atoms with Crippen LogP contribution < -0.4 is 10.4 Å². The van der Waals surface area contributed by atoms with Crippen molar-refractivity contribution in [3.05, 3.63) is 57.3 Å². The first-order chi connectivity index (χ1) is 11.3. The van der Waals surface area contributed by atoms with Crippen LogP contribution in [0.5, 0.6) is 5.75 Å². The maximum absolute atomic E-state index is 11.8. The molecule has 2 aromatic heterocycles. The summed E-state index contributed by atoms with van der Waals surface area (Å²) in [6.07, 6.45) is 0. The van der Waals surface area contributed by atoms with Gasteiger partial charge in [0.2, 0.25) is 0 Å². The molecule has 0 unspecified atom stereocenters. The fourth-order valence-electron chi connectivity index (χ4n) is 2.41. The largest absolute Gasteiger partial charge is 0.485 e. The highest BCUT2D eigenvalue weighted by Crippen LogP contribution is 2.25. The summed E-state index contributed by atoms with van der Waals surface area (Å²) in [6, 6.07) is 7.38. The van der Waals surface area contributed by atoms with Gasteiger partial charge in [0.1, 0.15) is 17.9 Å². The van der Waals surface area contributed by atoms with Crippen LogP contribution >= 0.6 is 0 Å². The van der Waals surface area contributed by atoms with Gasteiger partial charge >= 0.3 is 5.63 Å². The van der Waals surface area contributed by atoms with E-state index in [1.165, 1.54) is 0 Å². The van der Waals surface area contributed by atoms with Gasteiger partial charge in [-0.25, -0.2) is 4.79 Å². The molecule has 0 aliphatic heterocycles. The molecule has 0 spiro atoms. The standard InChI is InChI=1S/C19H21NO4/c1-11-12(2)18(21)23-16-8-13(6-7-15(11)16)22-10-14-9-17(20-24-14)19(3,4)5/h6-9H,10H2,1-5H3. The summed E-state index contributed by atoms with van der Waals surface area (Å²) >= 11 is 0. The Kier molecular flexibility index (Phi) is 3.95. The van der Waals surface area contributed by atoms with Gasteiger partial charge in [-0.3, -0.25) is 0 Å². The van der Waals surface area contributed by atoms with Crippen LogP contribution in [-0.4, -0.2) is 5.16 Å². The number of aryl methyl sites for hydroxylation is 1. The SMILES string of the molecule is Cc1c(C)c2ccc(OCc3cc(C(C)(C)C)no3)cc2oc1=O. The molecule has 0 aliphatic carbocycles. The van der Waals surface area contributed by atoms with Gasteiger partial charge in [0.05, 0.1) is 5.69 Å². The van der Waals surface area contributed by atoms with Crippen LogP contribution in [0.2, 0.25) is 0 Å². The minimum absolute atomic E-state index is 0.0660. The van der Waals surface area contributed by atoms with E-state index in [0.29, 0.717) is 22.7 Å². The summed E-state index contributed by atoms with van der Waals surface area (Å²) in [5.74, 6) is 1.27. The summed E-state index contributed by atoms with van der Waals surface area (Å²) < 4.78 is 16.4. The Morgan fingerprint density at radius 1 is 1.12 bits per heavy atom. The zero-order chi connectivity index (χ0) is 17.5. The van der Waals surface area contributed by atoms with Crippen LogP contribution in [0.25, 0.3) is 11.0 Å². The molecule has 0 fully saturated rings. The lowest BCUT2D eigenvalue weighted by Crippen LogP contribution is -2.11. The van der Waals surface area contributed by atoms with E-state index in [1.54, 1.807) is 13.0 Å². The van der Waals surface area contributed by atoms with Crippen molar-refractivity contribution in [3.63, 3.8) is 0 Å². The molecule has 0 N–H and O–H groups in total. The summed E-state index contributed by atoms with van der Waals surface area (Å²) in [4.78, 5) is 11.8. The van der Waals surface area contributed by atoms with E-state index in [-0.39, 0.29) is 17.6 Å². The Labute approximate surface area is 140 Å². The summed E-state index contributed by atoms with van der Waals surface area (Å²) in [5, 5.41) is 4.98. The third kappa shape index (κ3) is 3.07. The van der Waals surface area contributed by atoms with Crippen molar-refractivity contribution in [3.8, 4) is 5.75 Å². The van der Waals surface area contributed by atoms with Gasteiger partial charge in [-0.15, -0.1) is 0 Å². The molecule has 0 amide bonds. The van der Waals surface area contributed by atoms with Crippen LogP contribution in [0.3, 0.4) is 0 Å². The zero-order valence-corrected chi connectivity index (χ0v) is 14.6. The number of aromatic nitrogens is 1. The number of hydrogen-bond acceptors (Lipinski definition) is 5. The smallest absolute Gasteiger partial charge is 0.339 e. The number of ether oxygens (including phenoxy) is 1. The maximum atomic E-state index is 11.8. The van der Waals surface area contributed by atoms with Crippen LogP contribution in [0, 0.1) is 13.8 Å². The first kappa shape index (κ1) is 16.3. The predicted octanol–water partition coefficient (Wildman–Crippen LogP) is 4.27. The molecule has 24 heavy (non-hydrogen) atoms. The second-order valence-electron chi connectivity index (χ2n) is 7.01. The highest BCUT2D eigenvalue weighted by atomic mass is 16.5. The molecule has 0 atom stereocenters. The van der Waals surface area contributed by atoms with Gasteiger partial charge in [-0.1, -0.05) is 25.9 Å². The molecule has 126 valence electrons. The quantitative estimate of drug-likeness (QED) is 0.672. The Bertz CT molecular complexity index is 944. The average molecular weight is 327 g/mol. The van der Waals surface area contributed by atoms with E-state index < -0.39 is 0 Å². The minimum atomic E-state index is -0.317. The van der Waals surface area contributed by atoms with E-state index >= 15 is 0 Å². The molecule has 0 saturated heterocycles. The van der Waals surface area contributed by atoms with E-state index in [9.17, 15) is 4.79 Å². The second-order valence-corrected chi connectivity index (χ2v) is 7.01. The molecular formula is C19H21NO4. The van der Waals surface area contributed by atoms with Gasteiger partial charge in [0, 0.05) is 28.5 Å². The molecule has 3 rings (SSSR count). The van der Waals surface area contributed by atoms with Gasteiger partial charge in [-0.2, -0.15) is 0 Å². The number of benzene rings is 1. The molecule has 3 aromatic rings. The van der Waals surface area contributed by atoms with Crippen molar-refractivity contribution in [2.24, 2.45) is 0 Å². The first-order valence-electron chi connectivity index (χ1n) is 7.88. The highest BCUT2D eigenvalue weighted by molar-refractivity contribution is 5.82. The van der Waals surface area contributed by atoms with Crippen molar-refractivity contribution in [2.75, 3.05) is 0 Å². The Morgan fingerprint density at radius 2 is 1.88 bits per heavy atom. The summed E-state index contributed by atoms with van der Waals surface area (Å²) in [5.41, 5.74) is 2.58. The molecular weight excluding hydrogens is 306 g/mol. The highest BCUT2D eigenvalue weighted by Gasteiger charge is 2.19. The summed E-state index contributed by atoms with van der Waals surface area (Å²) in [6.45, 7) is 10.2. The maximum Gasteiger partial charge on any atom is 0.339 e. The Balaban J connectivity index is 1.82. The molecule has 0 aliphatic rings. The van der Waals surface area contributed by atoms with Crippen molar-refractivity contribution >= 4 is 11.0 Å². The normalized spacial score (nSPS) is 11.9. The second kappa shape index (κ2) is 5.82. The predicted molar refractivity (Wildman–Crippen MR) is 91.5 cm³/mol. The van der Waals surface area contributed by atoms with E-state index in [4.69, 9.17) is 13.7 Å². The van der Waals surface area contributed by atoms with Crippen LogP contribution in [0.1, 0.15) is 43.4 Å². The van der Waals surface area contributed by atoms with Crippen molar-refractivity contribution in [2.45, 2.75) is 46.6 Å². The molecule has 0 bridgehead atoms. The van der Waals surface area contributed by atoms with Gasteiger partial charge in [-0.05, 0) is 31.5 Å². The number of rotatable bonds is 3. The monoisotopic (exact) mass is 327 g/mol. The number of hydrogen-bond donors (Lipinski definition) is 0. The van der Waals surface area contributed by atoms with Crippen molar-refractivity contribution in [1.29, 1.82) is 0 Å². The van der Waals surface area contributed by atoms with Gasteiger partial charge in [0.15, 0.2) is 5.76 Å². The lowest BCUT2D eigenvalue weighted by Gasteiger charge is -2.12. The van der Waals surface area contributed by atoms with E-state index in [1.807, 2.05) is 25.1 Å². The average Bonchev–Trinajstić information content (AvgIpc) is 3.00. The first-order valence-corrected chi connectivity index (χ1v) is 7.88. The number of fused-ring (bicyclic) bond motifs is 1. The minimum Gasteiger partial charge on any atom is -0.485 e. The van der Waals surface area contributed by atoms with Gasteiger partial charge < -0.3 is 13.7 Å². The molecule has 0 radical (unpaired) electrons. The molecule has 0 saturated carbocycles. The molecule has 5 heteroatoms. The molecule has 5 nitrogen and oxygen atoms in total. The Morgan fingerprint density at radius 3 is 2.54 bits per heavy atom. The molecule has 2 heterocycles. The van der Waals surface area contributed by atoms with Crippen molar-refractivity contribution in [1.82, 2.24) is 5.16 Å².